The van der Waals surface area contributed by atoms with Gasteiger partial charge in [0.2, 0.25) is 5.91 Å². The first-order valence-electron chi connectivity index (χ1n) is 6.87. The molecular weight excluding hydrogens is 262 g/mol. The van der Waals surface area contributed by atoms with Gasteiger partial charge in [-0.2, -0.15) is 0 Å². The highest BCUT2D eigenvalue weighted by atomic mass is 16.3. The van der Waals surface area contributed by atoms with E-state index in [-0.39, 0.29) is 12.5 Å². The molecule has 2 aromatic rings. The van der Waals surface area contributed by atoms with Crippen LogP contribution in [0.2, 0.25) is 0 Å². The quantitative estimate of drug-likeness (QED) is 0.828. The first-order chi connectivity index (χ1) is 10.1. The molecule has 0 aliphatic heterocycles. The zero-order valence-corrected chi connectivity index (χ0v) is 12.0. The molecule has 2 N–H and O–H groups in total. The Bertz CT molecular complexity index is 604. The van der Waals surface area contributed by atoms with E-state index in [9.17, 15) is 9.90 Å². The molecule has 0 saturated carbocycles. The summed E-state index contributed by atoms with van der Waals surface area (Å²) in [5.74, 6) is -0.227. The van der Waals surface area contributed by atoms with Crippen LogP contribution in [0, 0.1) is 0 Å². The van der Waals surface area contributed by atoms with Crippen LogP contribution >= 0.6 is 0 Å². The van der Waals surface area contributed by atoms with Crippen molar-refractivity contribution in [3.05, 3.63) is 77.9 Å². The van der Waals surface area contributed by atoms with Gasteiger partial charge in [0.15, 0.2) is 0 Å². The lowest BCUT2D eigenvalue weighted by Gasteiger charge is -2.23. The molecule has 1 amide bonds. The number of amides is 1. The van der Waals surface area contributed by atoms with E-state index in [0.29, 0.717) is 0 Å². The van der Waals surface area contributed by atoms with Crippen LogP contribution < -0.4 is 5.32 Å². The summed E-state index contributed by atoms with van der Waals surface area (Å²) in [5, 5.41) is 13.1. The fourth-order valence-electron chi connectivity index (χ4n) is 1.95. The van der Waals surface area contributed by atoms with Crippen LogP contribution in [0.5, 0.6) is 0 Å². The fourth-order valence-corrected chi connectivity index (χ4v) is 1.95. The van der Waals surface area contributed by atoms with E-state index in [1.807, 2.05) is 60.7 Å². The Labute approximate surface area is 124 Å². The lowest BCUT2D eigenvalue weighted by molar-refractivity contribution is -0.117. The van der Waals surface area contributed by atoms with Crippen molar-refractivity contribution in [2.24, 2.45) is 0 Å². The van der Waals surface area contributed by atoms with Crippen molar-refractivity contribution in [2.75, 3.05) is 6.54 Å². The standard InChI is InChI=1S/C18H19NO2/c1-18(21,16-10-6-3-7-11-16)14-19-17(20)13-12-15-8-4-2-5-9-15/h2-13,21H,14H2,1H3,(H,19,20)/b13-12+. The molecular formula is C18H19NO2. The number of hydrogen-bond donors (Lipinski definition) is 2. The first-order valence-corrected chi connectivity index (χ1v) is 6.87. The largest absolute Gasteiger partial charge is 0.384 e. The second-order valence-corrected chi connectivity index (χ2v) is 5.10. The highest BCUT2D eigenvalue weighted by Gasteiger charge is 2.22. The summed E-state index contributed by atoms with van der Waals surface area (Å²) in [5.41, 5.74) is 0.650. The molecule has 0 saturated heterocycles. The zero-order chi connectivity index (χ0) is 15.1. The number of nitrogens with one attached hydrogen (secondary N) is 1. The topological polar surface area (TPSA) is 49.3 Å². The van der Waals surface area contributed by atoms with Gasteiger partial charge in [-0.3, -0.25) is 4.79 Å². The maximum atomic E-state index is 11.8. The molecule has 0 heterocycles. The Hall–Kier alpha value is -2.39. The number of rotatable bonds is 5. The summed E-state index contributed by atoms with van der Waals surface area (Å²) < 4.78 is 0. The minimum atomic E-state index is -1.09. The fraction of sp³-hybridized carbons (Fsp3) is 0.167. The molecule has 2 aromatic carbocycles. The van der Waals surface area contributed by atoms with Gasteiger partial charge in [0.1, 0.15) is 5.60 Å². The van der Waals surface area contributed by atoms with Crippen molar-refractivity contribution in [3.63, 3.8) is 0 Å². The highest BCUT2D eigenvalue weighted by molar-refractivity contribution is 5.91. The predicted octanol–water partition coefficient (Wildman–Crippen LogP) is 2.72. The Morgan fingerprint density at radius 2 is 1.67 bits per heavy atom. The third-order valence-electron chi connectivity index (χ3n) is 3.23. The number of carbonyl (C=O) groups excluding carboxylic acids is 1. The van der Waals surface area contributed by atoms with Crippen LogP contribution in [0.15, 0.2) is 66.7 Å². The van der Waals surface area contributed by atoms with Crippen LogP contribution in [0.1, 0.15) is 18.1 Å². The highest BCUT2D eigenvalue weighted by Crippen LogP contribution is 2.18. The van der Waals surface area contributed by atoms with E-state index >= 15 is 0 Å². The minimum absolute atomic E-state index is 0.162. The smallest absolute Gasteiger partial charge is 0.244 e. The second kappa shape index (κ2) is 6.86. The molecule has 3 nitrogen and oxygen atoms in total. The average Bonchev–Trinajstić information content (AvgIpc) is 2.53. The predicted molar refractivity (Wildman–Crippen MR) is 84.5 cm³/mol. The van der Waals surface area contributed by atoms with Gasteiger partial charge in [-0.1, -0.05) is 60.7 Å². The molecule has 3 heteroatoms. The second-order valence-electron chi connectivity index (χ2n) is 5.10. The van der Waals surface area contributed by atoms with Crippen molar-refractivity contribution in [1.82, 2.24) is 5.32 Å². The molecule has 1 unspecified atom stereocenters. The Morgan fingerprint density at radius 3 is 2.29 bits per heavy atom. The summed E-state index contributed by atoms with van der Waals surface area (Å²) in [6, 6.07) is 18.9. The van der Waals surface area contributed by atoms with Gasteiger partial charge in [0, 0.05) is 6.08 Å². The molecule has 21 heavy (non-hydrogen) atoms. The summed E-state index contributed by atoms with van der Waals surface area (Å²) in [6.07, 6.45) is 3.21. The van der Waals surface area contributed by atoms with E-state index < -0.39 is 5.60 Å². The van der Waals surface area contributed by atoms with E-state index in [4.69, 9.17) is 0 Å². The lowest BCUT2D eigenvalue weighted by atomic mass is 9.96. The average molecular weight is 281 g/mol. The molecule has 108 valence electrons. The molecule has 0 aromatic heterocycles. The molecule has 0 aliphatic rings. The van der Waals surface area contributed by atoms with Crippen LogP contribution in [0.3, 0.4) is 0 Å². The van der Waals surface area contributed by atoms with Gasteiger partial charge in [-0.05, 0) is 24.1 Å². The van der Waals surface area contributed by atoms with Crippen LogP contribution in [0.25, 0.3) is 6.08 Å². The maximum absolute atomic E-state index is 11.8. The van der Waals surface area contributed by atoms with E-state index in [0.717, 1.165) is 11.1 Å². The molecule has 2 rings (SSSR count). The molecule has 0 fully saturated rings. The Balaban J connectivity index is 1.91. The van der Waals surface area contributed by atoms with E-state index in [1.165, 1.54) is 6.08 Å². The van der Waals surface area contributed by atoms with Crippen LogP contribution in [-0.4, -0.2) is 17.6 Å². The van der Waals surface area contributed by atoms with E-state index in [2.05, 4.69) is 5.32 Å². The number of benzene rings is 2. The molecule has 0 radical (unpaired) electrons. The van der Waals surface area contributed by atoms with Crippen molar-refractivity contribution >= 4 is 12.0 Å². The number of carbonyl (C=O) groups is 1. The van der Waals surface area contributed by atoms with Gasteiger partial charge in [0.05, 0.1) is 6.54 Å². The number of hydrogen-bond acceptors (Lipinski definition) is 2. The summed E-state index contributed by atoms with van der Waals surface area (Å²) in [4.78, 5) is 11.8. The first kappa shape index (κ1) is 15.0. The molecule has 0 spiro atoms. The van der Waals surface area contributed by atoms with Gasteiger partial charge < -0.3 is 10.4 Å². The van der Waals surface area contributed by atoms with Gasteiger partial charge in [0.25, 0.3) is 0 Å². The van der Waals surface area contributed by atoms with Crippen LogP contribution in [-0.2, 0) is 10.4 Å². The third kappa shape index (κ3) is 4.58. The monoisotopic (exact) mass is 281 g/mol. The van der Waals surface area contributed by atoms with Crippen molar-refractivity contribution in [1.29, 1.82) is 0 Å². The molecule has 1 atom stereocenters. The van der Waals surface area contributed by atoms with Gasteiger partial charge in [-0.25, -0.2) is 0 Å². The minimum Gasteiger partial charge on any atom is -0.384 e. The third-order valence-corrected chi connectivity index (χ3v) is 3.23. The maximum Gasteiger partial charge on any atom is 0.244 e. The lowest BCUT2D eigenvalue weighted by Crippen LogP contribution is -2.37. The van der Waals surface area contributed by atoms with Crippen molar-refractivity contribution in [3.8, 4) is 0 Å². The van der Waals surface area contributed by atoms with Crippen molar-refractivity contribution in [2.45, 2.75) is 12.5 Å². The normalized spacial score (nSPS) is 13.8. The Morgan fingerprint density at radius 1 is 1.10 bits per heavy atom. The summed E-state index contributed by atoms with van der Waals surface area (Å²) in [6.45, 7) is 1.85. The molecule has 0 bridgehead atoms. The van der Waals surface area contributed by atoms with E-state index in [1.54, 1.807) is 13.0 Å². The Kier molecular flexibility index (Phi) is 4.90. The zero-order valence-electron chi connectivity index (χ0n) is 12.0. The number of aliphatic hydroxyl groups is 1. The molecule has 0 aliphatic carbocycles. The SMILES string of the molecule is CC(O)(CNC(=O)/C=C/c1ccccc1)c1ccccc1. The van der Waals surface area contributed by atoms with Gasteiger partial charge in [-0.15, -0.1) is 0 Å². The van der Waals surface area contributed by atoms with Crippen LogP contribution in [0.4, 0.5) is 0 Å². The van der Waals surface area contributed by atoms with Crippen molar-refractivity contribution < 1.29 is 9.90 Å². The van der Waals surface area contributed by atoms with Gasteiger partial charge >= 0.3 is 0 Å². The summed E-state index contributed by atoms with van der Waals surface area (Å²) in [7, 11) is 0. The summed E-state index contributed by atoms with van der Waals surface area (Å²) >= 11 is 0.